The lowest BCUT2D eigenvalue weighted by Gasteiger charge is -2.17. The molecule has 104 valence electrons. The first kappa shape index (κ1) is 13.9. The van der Waals surface area contributed by atoms with Gasteiger partial charge in [-0.25, -0.2) is 0 Å². The topological polar surface area (TPSA) is 66.9 Å². The Labute approximate surface area is 114 Å². The van der Waals surface area contributed by atoms with Gasteiger partial charge in [-0.2, -0.15) is 0 Å². The van der Waals surface area contributed by atoms with Crippen LogP contribution in [0.2, 0.25) is 0 Å². The van der Waals surface area contributed by atoms with Crippen LogP contribution in [-0.4, -0.2) is 28.0 Å². The van der Waals surface area contributed by atoms with Gasteiger partial charge in [-0.15, -0.1) is 0 Å². The van der Waals surface area contributed by atoms with Crippen molar-refractivity contribution >= 4 is 5.91 Å². The second-order valence-corrected chi connectivity index (χ2v) is 5.24. The van der Waals surface area contributed by atoms with E-state index in [9.17, 15) is 4.79 Å². The third kappa shape index (κ3) is 4.28. The Morgan fingerprint density at radius 3 is 2.74 bits per heavy atom. The van der Waals surface area contributed by atoms with Crippen molar-refractivity contribution < 1.29 is 4.79 Å². The molecule has 0 bridgehead atoms. The summed E-state index contributed by atoms with van der Waals surface area (Å²) in [4.78, 5) is 20.4. The zero-order chi connectivity index (χ0) is 13.7. The highest BCUT2D eigenvalue weighted by molar-refractivity contribution is 5.81. The van der Waals surface area contributed by atoms with Crippen LogP contribution in [0.25, 0.3) is 0 Å². The molecule has 0 aliphatic heterocycles. The molecule has 1 aromatic heterocycles. The minimum absolute atomic E-state index is 0.0759. The van der Waals surface area contributed by atoms with Crippen molar-refractivity contribution in [2.24, 2.45) is 0 Å². The zero-order valence-corrected chi connectivity index (χ0v) is 11.6. The third-order valence-electron chi connectivity index (χ3n) is 3.52. The van der Waals surface area contributed by atoms with Crippen LogP contribution in [0.3, 0.4) is 0 Å². The average molecular weight is 262 g/mol. The summed E-state index contributed by atoms with van der Waals surface area (Å²) in [6.45, 7) is 4.35. The molecule has 2 N–H and O–H groups in total. The molecule has 0 aromatic carbocycles. The van der Waals surface area contributed by atoms with Gasteiger partial charge in [-0.3, -0.25) is 14.8 Å². The second-order valence-electron chi connectivity index (χ2n) is 5.24. The van der Waals surface area contributed by atoms with Gasteiger partial charge in [0, 0.05) is 25.0 Å². The number of nitrogens with one attached hydrogen (secondary N) is 2. The van der Waals surface area contributed by atoms with Crippen LogP contribution in [0, 0.1) is 6.92 Å². The predicted molar refractivity (Wildman–Crippen MR) is 73.5 cm³/mol. The lowest BCUT2D eigenvalue weighted by molar-refractivity contribution is -0.123. The minimum Gasteiger partial charge on any atom is -0.352 e. The van der Waals surface area contributed by atoms with Crippen molar-refractivity contribution in [1.29, 1.82) is 0 Å². The Morgan fingerprint density at radius 1 is 1.37 bits per heavy atom. The van der Waals surface area contributed by atoms with Crippen LogP contribution in [0.4, 0.5) is 0 Å². The van der Waals surface area contributed by atoms with Crippen molar-refractivity contribution in [1.82, 2.24) is 20.6 Å². The zero-order valence-electron chi connectivity index (χ0n) is 11.6. The minimum atomic E-state index is -0.205. The standard InChI is InChI=1S/C14H22N4O/c1-10-7-17-13(8-15-10)9-16-11(2)14(19)18-12-5-3-4-6-12/h7-8,11-12,16H,3-6,9H2,1-2H3,(H,18,19). The molecule has 0 spiro atoms. The van der Waals surface area contributed by atoms with Crippen LogP contribution < -0.4 is 10.6 Å². The fourth-order valence-electron chi connectivity index (χ4n) is 2.26. The average Bonchev–Trinajstić information content (AvgIpc) is 2.90. The molecule has 1 saturated carbocycles. The highest BCUT2D eigenvalue weighted by Gasteiger charge is 2.20. The van der Waals surface area contributed by atoms with Crippen LogP contribution >= 0.6 is 0 Å². The third-order valence-corrected chi connectivity index (χ3v) is 3.52. The summed E-state index contributed by atoms with van der Waals surface area (Å²) < 4.78 is 0. The van der Waals surface area contributed by atoms with E-state index in [0.717, 1.165) is 24.2 Å². The lowest BCUT2D eigenvalue weighted by Crippen LogP contribution is -2.45. The molecule has 1 amide bonds. The van der Waals surface area contributed by atoms with Crippen molar-refractivity contribution in [3.63, 3.8) is 0 Å². The molecular formula is C14H22N4O. The van der Waals surface area contributed by atoms with Gasteiger partial charge in [0.1, 0.15) is 0 Å². The fraction of sp³-hybridized carbons (Fsp3) is 0.643. The highest BCUT2D eigenvalue weighted by Crippen LogP contribution is 2.17. The Hall–Kier alpha value is -1.49. The molecule has 1 fully saturated rings. The summed E-state index contributed by atoms with van der Waals surface area (Å²) in [5, 5.41) is 6.26. The summed E-state index contributed by atoms with van der Waals surface area (Å²) in [6.07, 6.45) is 8.16. The fourth-order valence-corrected chi connectivity index (χ4v) is 2.26. The lowest BCUT2D eigenvalue weighted by atomic mass is 10.2. The maximum atomic E-state index is 12.0. The summed E-state index contributed by atoms with van der Waals surface area (Å²) in [5.41, 5.74) is 1.75. The van der Waals surface area contributed by atoms with Gasteiger partial charge in [0.05, 0.1) is 17.4 Å². The number of aromatic nitrogens is 2. The molecule has 5 heteroatoms. The predicted octanol–water partition coefficient (Wildman–Crippen LogP) is 1.32. The molecule has 1 aliphatic carbocycles. The number of hydrogen-bond acceptors (Lipinski definition) is 4. The van der Waals surface area contributed by atoms with Gasteiger partial charge >= 0.3 is 0 Å². The Bertz CT molecular complexity index is 412. The number of nitrogens with zero attached hydrogens (tertiary/aromatic N) is 2. The summed E-state index contributed by atoms with van der Waals surface area (Å²) in [6, 6.07) is 0.166. The number of hydrogen-bond donors (Lipinski definition) is 2. The molecule has 5 nitrogen and oxygen atoms in total. The smallest absolute Gasteiger partial charge is 0.237 e. The number of rotatable bonds is 5. The van der Waals surface area contributed by atoms with Crippen LogP contribution in [0.15, 0.2) is 12.4 Å². The highest BCUT2D eigenvalue weighted by atomic mass is 16.2. The molecule has 1 atom stereocenters. The molecule has 1 aromatic rings. The van der Waals surface area contributed by atoms with Crippen molar-refractivity contribution in [2.45, 2.75) is 58.2 Å². The number of aryl methyl sites for hydroxylation is 1. The molecule has 0 saturated heterocycles. The summed E-state index contributed by atoms with van der Waals surface area (Å²) in [7, 11) is 0. The second kappa shape index (κ2) is 6.61. The first-order valence-corrected chi connectivity index (χ1v) is 6.96. The first-order valence-electron chi connectivity index (χ1n) is 6.96. The van der Waals surface area contributed by atoms with Crippen molar-refractivity contribution in [3.05, 3.63) is 23.8 Å². The Morgan fingerprint density at radius 2 is 2.11 bits per heavy atom. The van der Waals surface area contributed by atoms with Crippen LogP contribution in [0.1, 0.15) is 44.0 Å². The van der Waals surface area contributed by atoms with Crippen molar-refractivity contribution in [3.8, 4) is 0 Å². The van der Waals surface area contributed by atoms with E-state index < -0.39 is 0 Å². The number of amides is 1. The van der Waals surface area contributed by atoms with Gasteiger partial charge in [-0.05, 0) is 26.7 Å². The monoisotopic (exact) mass is 262 g/mol. The normalized spacial score (nSPS) is 17.4. The Balaban J connectivity index is 1.75. The quantitative estimate of drug-likeness (QED) is 0.840. The van der Waals surface area contributed by atoms with E-state index in [1.54, 1.807) is 12.4 Å². The van der Waals surface area contributed by atoms with E-state index in [1.165, 1.54) is 12.8 Å². The molecular weight excluding hydrogens is 240 g/mol. The van der Waals surface area contributed by atoms with E-state index in [2.05, 4.69) is 20.6 Å². The molecule has 2 rings (SSSR count). The van der Waals surface area contributed by atoms with Crippen LogP contribution in [0.5, 0.6) is 0 Å². The van der Waals surface area contributed by atoms with Gasteiger partial charge < -0.3 is 10.6 Å². The van der Waals surface area contributed by atoms with Gasteiger partial charge in [0.2, 0.25) is 5.91 Å². The van der Waals surface area contributed by atoms with E-state index in [0.29, 0.717) is 12.6 Å². The van der Waals surface area contributed by atoms with E-state index in [-0.39, 0.29) is 11.9 Å². The maximum Gasteiger partial charge on any atom is 0.237 e. The molecule has 1 heterocycles. The first-order chi connectivity index (χ1) is 9.15. The number of carbonyl (C=O) groups excluding carboxylic acids is 1. The van der Waals surface area contributed by atoms with Crippen molar-refractivity contribution in [2.75, 3.05) is 0 Å². The van der Waals surface area contributed by atoms with E-state index in [4.69, 9.17) is 0 Å². The summed E-state index contributed by atoms with van der Waals surface area (Å²) in [5.74, 6) is 0.0759. The molecule has 1 unspecified atom stereocenters. The molecule has 0 radical (unpaired) electrons. The van der Waals surface area contributed by atoms with Gasteiger partial charge in [0.25, 0.3) is 0 Å². The SMILES string of the molecule is Cc1cnc(CNC(C)C(=O)NC2CCCC2)cn1. The maximum absolute atomic E-state index is 12.0. The van der Waals surface area contributed by atoms with Crippen LogP contribution in [-0.2, 0) is 11.3 Å². The van der Waals surface area contributed by atoms with E-state index >= 15 is 0 Å². The molecule has 1 aliphatic rings. The van der Waals surface area contributed by atoms with Gasteiger partial charge in [0.15, 0.2) is 0 Å². The Kier molecular flexibility index (Phi) is 4.85. The summed E-state index contributed by atoms with van der Waals surface area (Å²) >= 11 is 0. The largest absolute Gasteiger partial charge is 0.352 e. The van der Waals surface area contributed by atoms with E-state index in [1.807, 2.05) is 13.8 Å². The van der Waals surface area contributed by atoms with Gasteiger partial charge in [-0.1, -0.05) is 12.8 Å². The molecule has 19 heavy (non-hydrogen) atoms. The number of carbonyl (C=O) groups is 1.